The van der Waals surface area contributed by atoms with Gasteiger partial charge in [-0.2, -0.15) is 0 Å². The summed E-state index contributed by atoms with van der Waals surface area (Å²) in [7, 11) is 3.94. The van der Waals surface area contributed by atoms with E-state index < -0.39 is 5.54 Å². The third-order valence-electron chi connectivity index (χ3n) is 6.04. The van der Waals surface area contributed by atoms with Crippen molar-refractivity contribution in [1.82, 2.24) is 10.2 Å². The molecule has 1 fully saturated rings. The van der Waals surface area contributed by atoms with Crippen LogP contribution in [0.2, 0.25) is 0 Å². The van der Waals surface area contributed by atoms with Gasteiger partial charge in [-0.1, -0.05) is 55.5 Å². The highest BCUT2D eigenvalue weighted by molar-refractivity contribution is 6.03. The molecule has 1 aliphatic heterocycles. The predicted molar refractivity (Wildman–Crippen MR) is 115 cm³/mol. The molecular formula is C24H32N2O3. The van der Waals surface area contributed by atoms with Crippen molar-refractivity contribution in [2.75, 3.05) is 33.8 Å². The molecule has 1 saturated heterocycles. The summed E-state index contributed by atoms with van der Waals surface area (Å²) in [6.45, 7) is 4.48. The number of ketones is 1. The number of ether oxygens (including phenoxy) is 1. The number of nitrogens with one attached hydrogen (secondary N) is 1. The molecule has 156 valence electrons. The molecule has 2 aromatic carbocycles. The van der Waals surface area contributed by atoms with Crippen molar-refractivity contribution in [3.8, 4) is 0 Å². The molecule has 2 atom stereocenters. The lowest BCUT2D eigenvalue weighted by molar-refractivity contribution is 0.0277. The number of benzene rings is 2. The van der Waals surface area contributed by atoms with Crippen LogP contribution in [-0.2, 0) is 17.8 Å². The van der Waals surface area contributed by atoms with Crippen LogP contribution in [0.3, 0.4) is 0 Å². The zero-order valence-electron chi connectivity index (χ0n) is 17.6. The molecule has 1 heterocycles. The van der Waals surface area contributed by atoms with Crippen molar-refractivity contribution in [3.63, 3.8) is 0 Å². The van der Waals surface area contributed by atoms with Gasteiger partial charge in [0.05, 0.1) is 24.9 Å². The van der Waals surface area contributed by atoms with Crippen molar-refractivity contribution in [2.45, 2.75) is 38.0 Å². The Hall–Kier alpha value is -2.05. The maximum absolute atomic E-state index is 13.6. The van der Waals surface area contributed by atoms with Crippen LogP contribution in [-0.4, -0.2) is 55.1 Å². The van der Waals surface area contributed by atoms with Crippen LogP contribution >= 0.6 is 0 Å². The summed E-state index contributed by atoms with van der Waals surface area (Å²) >= 11 is 0. The molecule has 3 rings (SSSR count). The standard InChI is InChI=1S/C24H32N2O3/c1-4-24(26(2)3,15-18-5-7-19(17-27)8-6-18)23(28)21-11-9-20(10-12-21)22-16-25-13-14-29-22/h5-12,22,25,27H,4,13-17H2,1-3H3. The number of hydrogen-bond donors (Lipinski definition) is 2. The van der Waals surface area contributed by atoms with E-state index in [4.69, 9.17) is 4.74 Å². The van der Waals surface area contributed by atoms with Gasteiger partial charge in [0.25, 0.3) is 0 Å². The quantitative estimate of drug-likeness (QED) is 0.672. The van der Waals surface area contributed by atoms with Crippen LogP contribution < -0.4 is 5.32 Å². The van der Waals surface area contributed by atoms with Gasteiger partial charge in [-0.25, -0.2) is 0 Å². The average molecular weight is 397 g/mol. The second-order valence-electron chi connectivity index (χ2n) is 7.95. The third-order valence-corrected chi connectivity index (χ3v) is 6.04. The fourth-order valence-electron chi connectivity index (χ4n) is 4.04. The minimum Gasteiger partial charge on any atom is -0.392 e. The molecule has 0 amide bonds. The highest BCUT2D eigenvalue weighted by atomic mass is 16.5. The second kappa shape index (κ2) is 9.63. The Morgan fingerprint density at radius 2 is 1.79 bits per heavy atom. The number of likely N-dealkylation sites (N-methyl/N-ethyl adjacent to an activating group) is 1. The van der Waals surface area contributed by atoms with Crippen LogP contribution in [0.15, 0.2) is 48.5 Å². The minimum atomic E-state index is -0.620. The van der Waals surface area contributed by atoms with Crippen LogP contribution in [0.1, 0.15) is 46.5 Å². The highest BCUT2D eigenvalue weighted by Crippen LogP contribution is 2.29. The third kappa shape index (κ3) is 4.75. The molecule has 1 aliphatic rings. The molecule has 2 aromatic rings. The van der Waals surface area contributed by atoms with Crippen molar-refractivity contribution in [1.29, 1.82) is 0 Å². The van der Waals surface area contributed by atoms with Gasteiger partial charge < -0.3 is 15.2 Å². The van der Waals surface area contributed by atoms with Gasteiger partial charge >= 0.3 is 0 Å². The first-order valence-electron chi connectivity index (χ1n) is 10.3. The lowest BCUT2D eigenvalue weighted by atomic mass is 9.80. The van der Waals surface area contributed by atoms with E-state index in [0.29, 0.717) is 19.4 Å². The van der Waals surface area contributed by atoms with E-state index in [1.54, 1.807) is 0 Å². The van der Waals surface area contributed by atoms with E-state index in [0.717, 1.165) is 35.3 Å². The molecule has 29 heavy (non-hydrogen) atoms. The van der Waals surface area contributed by atoms with Crippen LogP contribution in [0.5, 0.6) is 0 Å². The Bertz CT molecular complexity index is 796. The molecule has 5 nitrogen and oxygen atoms in total. The average Bonchev–Trinajstić information content (AvgIpc) is 2.78. The van der Waals surface area contributed by atoms with Crippen molar-refractivity contribution in [3.05, 3.63) is 70.8 Å². The van der Waals surface area contributed by atoms with Gasteiger partial charge in [0.1, 0.15) is 0 Å². The smallest absolute Gasteiger partial charge is 0.183 e. The molecule has 0 saturated carbocycles. The number of aliphatic hydroxyl groups is 1. The summed E-state index contributed by atoms with van der Waals surface area (Å²) in [5.41, 5.74) is 3.16. The summed E-state index contributed by atoms with van der Waals surface area (Å²) in [6.07, 6.45) is 1.37. The van der Waals surface area contributed by atoms with Crippen molar-refractivity contribution in [2.24, 2.45) is 0 Å². The Kier molecular flexibility index (Phi) is 7.19. The Morgan fingerprint density at radius 3 is 2.31 bits per heavy atom. The summed E-state index contributed by atoms with van der Waals surface area (Å²) in [5, 5.41) is 12.6. The molecule has 0 aromatic heterocycles. The van der Waals surface area contributed by atoms with E-state index in [1.165, 1.54) is 0 Å². The largest absolute Gasteiger partial charge is 0.392 e. The molecular weight excluding hydrogens is 364 g/mol. The first-order valence-corrected chi connectivity index (χ1v) is 10.3. The monoisotopic (exact) mass is 396 g/mol. The van der Waals surface area contributed by atoms with Gasteiger partial charge in [0, 0.05) is 18.7 Å². The Balaban J connectivity index is 1.84. The number of Topliss-reactive ketones (excluding diaryl/α,β-unsaturated/α-hetero) is 1. The maximum Gasteiger partial charge on any atom is 0.183 e. The molecule has 5 heteroatoms. The summed E-state index contributed by atoms with van der Waals surface area (Å²) in [6, 6.07) is 15.7. The lowest BCUT2D eigenvalue weighted by Crippen LogP contribution is -2.52. The van der Waals surface area contributed by atoms with E-state index in [2.05, 4.69) is 12.2 Å². The molecule has 0 bridgehead atoms. The zero-order valence-corrected chi connectivity index (χ0v) is 17.6. The summed E-state index contributed by atoms with van der Waals surface area (Å²) in [5.74, 6) is 0.130. The fourth-order valence-corrected chi connectivity index (χ4v) is 4.04. The number of rotatable bonds is 8. The van der Waals surface area contributed by atoms with Gasteiger partial charge in [0.2, 0.25) is 0 Å². The first kappa shape index (κ1) is 21.7. The number of carbonyl (C=O) groups excluding carboxylic acids is 1. The fraction of sp³-hybridized carbons (Fsp3) is 0.458. The van der Waals surface area contributed by atoms with Crippen LogP contribution in [0.4, 0.5) is 0 Å². The van der Waals surface area contributed by atoms with E-state index in [9.17, 15) is 9.90 Å². The topological polar surface area (TPSA) is 61.8 Å². The van der Waals surface area contributed by atoms with Crippen LogP contribution in [0.25, 0.3) is 0 Å². The van der Waals surface area contributed by atoms with E-state index in [-0.39, 0.29) is 18.5 Å². The Labute approximate surface area is 173 Å². The zero-order chi connectivity index (χ0) is 20.9. The normalized spacial score (nSPS) is 19.1. The maximum atomic E-state index is 13.6. The van der Waals surface area contributed by atoms with E-state index in [1.807, 2.05) is 67.5 Å². The van der Waals surface area contributed by atoms with Gasteiger partial charge in [-0.05, 0) is 43.6 Å². The minimum absolute atomic E-state index is 0.0262. The van der Waals surface area contributed by atoms with Gasteiger partial charge in [0.15, 0.2) is 5.78 Å². The molecule has 2 unspecified atom stereocenters. The second-order valence-corrected chi connectivity index (χ2v) is 7.95. The van der Waals surface area contributed by atoms with Gasteiger partial charge in [-0.3, -0.25) is 9.69 Å². The predicted octanol–water partition coefficient (Wildman–Crippen LogP) is 2.98. The molecule has 0 radical (unpaired) electrons. The van der Waals surface area contributed by atoms with Crippen molar-refractivity contribution < 1.29 is 14.6 Å². The number of morpholine rings is 1. The van der Waals surface area contributed by atoms with E-state index >= 15 is 0 Å². The number of nitrogens with zero attached hydrogens (tertiary/aromatic N) is 1. The van der Waals surface area contributed by atoms with Crippen molar-refractivity contribution >= 4 is 5.78 Å². The summed E-state index contributed by atoms with van der Waals surface area (Å²) in [4.78, 5) is 15.7. The molecule has 2 N–H and O–H groups in total. The number of hydrogen-bond acceptors (Lipinski definition) is 5. The Morgan fingerprint density at radius 1 is 1.14 bits per heavy atom. The number of aliphatic hydroxyl groups excluding tert-OH is 1. The molecule has 0 spiro atoms. The highest BCUT2D eigenvalue weighted by Gasteiger charge is 2.39. The number of carbonyl (C=O) groups is 1. The van der Waals surface area contributed by atoms with Gasteiger partial charge in [-0.15, -0.1) is 0 Å². The lowest BCUT2D eigenvalue weighted by Gasteiger charge is -2.38. The summed E-state index contributed by atoms with van der Waals surface area (Å²) < 4.78 is 5.82. The molecule has 0 aliphatic carbocycles. The van der Waals surface area contributed by atoms with Crippen LogP contribution in [0, 0.1) is 0 Å². The SMILES string of the molecule is CCC(Cc1ccc(CO)cc1)(C(=O)c1ccc(C2CNCCO2)cc1)N(C)C. The first-order chi connectivity index (χ1) is 14.0.